The van der Waals surface area contributed by atoms with Crippen molar-refractivity contribution in [2.45, 2.75) is 50.5 Å². The lowest BCUT2D eigenvalue weighted by Gasteiger charge is -2.25. The van der Waals surface area contributed by atoms with E-state index in [1.165, 1.54) is 51.9 Å². The van der Waals surface area contributed by atoms with Gasteiger partial charge >= 0.3 is 12.1 Å². The summed E-state index contributed by atoms with van der Waals surface area (Å²) in [6.45, 7) is 3.52. The maximum atomic E-state index is 13.1. The van der Waals surface area contributed by atoms with Crippen LogP contribution in [0.25, 0.3) is 0 Å². The summed E-state index contributed by atoms with van der Waals surface area (Å²) in [5.74, 6) is -1.02. The molecule has 200 valence electrons. The first-order valence-electron chi connectivity index (χ1n) is 12.3. The Kier molecular flexibility index (Phi) is 8.50. The molecule has 0 spiro atoms. The van der Waals surface area contributed by atoms with E-state index in [2.05, 4.69) is 5.32 Å². The average molecular weight is 550 g/mol. The van der Waals surface area contributed by atoms with Crippen molar-refractivity contribution >= 4 is 44.3 Å². The van der Waals surface area contributed by atoms with Crippen LogP contribution in [-0.4, -0.2) is 68.9 Å². The molecule has 3 heterocycles. The highest BCUT2D eigenvalue weighted by molar-refractivity contribution is 7.89. The van der Waals surface area contributed by atoms with Crippen LogP contribution in [0, 0.1) is 0 Å². The Hall–Kier alpha value is -2.96. The van der Waals surface area contributed by atoms with Crippen LogP contribution in [0.15, 0.2) is 29.2 Å². The van der Waals surface area contributed by atoms with Gasteiger partial charge in [-0.3, -0.25) is 4.79 Å². The van der Waals surface area contributed by atoms with E-state index in [1.54, 1.807) is 6.92 Å². The lowest BCUT2D eigenvalue weighted by atomic mass is 10.0. The Bertz CT molecular complexity index is 1260. The minimum Gasteiger partial charge on any atom is -0.462 e. The van der Waals surface area contributed by atoms with Crippen molar-refractivity contribution in [1.82, 2.24) is 9.21 Å². The predicted molar refractivity (Wildman–Crippen MR) is 138 cm³/mol. The fraction of sp³-hybridized carbons (Fsp3) is 0.480. The van der Waals surface area contributed by atoms with Gasteiger partial charge in [-0.1, -0.05) is 12.8 Å². The molecule has 2 aliphatic rings. The number of nitrogens with one attached hydrogen (secondary N) is 1. The summed E-state index contributed by atoms with van der Waals surface area (Å²) in [4.78, 5) is 40.3. The molecule has 4 rings (SSSR count). The molecule has 0 saturated carbocycles. The number of anilines is 1. The molecule has 0 atom stereocenters. The Morgan fingerprint density at radius 3 is 2.32 bits per heavy atom. The largest absolute Gasteiger partial charge is 0.462 e. The Morgan fingerprint density at radius 2 is 1.70 bits per heavy atom. The number of esters is 1. The van der Waals surface area contributed by atoms with Crippen LogP contribution in [0.1, 0.15) is 63.8 Å². The van der Waals surface area contributed by atoms with E-state index < -0.39 is 28.0 Å². The van der Waals surface area contributed by atoms with Gasteiger partial charge in [-0.05, 0) is 56.0 Å². The average Bonchev–Trinajstić information content (AvgIpc) is 3.05. The van der Waals surface area contributed by atoms with Crippen LogP contribution in [0.5, 0.6) is 0 Å². The number of ether oxygens (including phenoxy) is 2. The number of amides is 2. The zero-order chi connectivity index (χ0) is 26.6. The van der Waals surface area contributed by atoms with Crippen molar-refractivity contribution in [2.24, 2.45) is 0 Å². The summed E-state index contributed by atoms with van der Waals surface area (Å²) < 4.78 is 37.6. The number of nitrogens with zero attached hydrogens (tertiary/aromatic N) is 2. The minimum atomic E-state index is -3.63. The molecule has 2 aromatic rings. The van der Waals surface area contributed by atoms with E-state index in [9.17, 15) is 22.8 Å². The van der Waals surface area contributed by atoms with Gasteiger partial charge in [0.25, 0.3) is 5.91 Å². The minimum absolute atomic E-state index is 0.146. The van der Waals surface area contributed by atoms with Crippen LogP contribution in [0.4, 0.5) is 9.80 Å². The van der Waals surface area contributed by atoms with Crippen LogP contribution in [-0.2, 0) is 32.5 Å². The highest BCUT2D eigenvalue weighted by Crippen LogP contribution is 2.38. The predicted octanol–water partition coefficient (Wildman–Crippen LogP) is 3.87. The number of fused-ring (bicyclic) bond motifs is 1. The summed E-state index contributed by atoms with van der Waals surface area (Å²) in [7, 11) is -2.32. The quantitative estimate of drug-likeness (QED) is 0.543. The lowest BCUT2D eigenvalue weighted by molar-refractivity contribution is 0.0526. The summed E-state index contributed by atoms with van der Waals surface area (Å²) in [5, 5.41) is 3.13. The summed E-state index contributed by atoms with van der Waals surface area (Å²) in [6.07, 6.45) is 3.68. The topological polar surface area (TPSA) is 122 Å². The highest BCUT2D eigenvalue weighted by Gasteiger charge is 2.32. The van der Waals surface area contributed by atoms with E-state index >= 15 is 0 Å². The molecule has 0 radical (unpaired) electrons. The van der Waals surface area contributed by atoms with E-state index in [0.717, 1.165) is 36.1 Å². The van der Waals surface area contributed by atoms with E-state index in [0.29, 0.717) is 36.6 Å². The number of hydrogen-bond acceptors (Lipinski definition) is 8. The van der Waals surface area contributed by atoms with E-state index in [1.807, 2.05) is 0 Å². The van der Waals surface area contributed by atoms with Gasteiger partial charge in [0.1, 0.15) is 5.00 Å². The lowest BCUT2D eigenvalue weighted by Crippen LogP contribution is -2.35. The molecule has 1 N–H and O–H groups in total. The number of sulfonamides is 1. The molecule has 12 heteroatoms. The second-order valence-electron chi connectivity index (χ2n) is 8.87. The zero-order valence-corrected chi connectivity index (χ0v) is 22.6. The van der Waals surface area contributed by atoms with Crippen LogP contribution in [0.2, 0.25) is 0 Å². The molecule has 1 fully saturated rings. The van der Waals surface area contributed by atoms with Gasteiger partial charge in [0.05, 0.1) is 30.7 Å². The first kappa shape index (κ1) is 27.1. The molecule has 0 unspecified atom stereocenters. The maximum Gasteiger partial charge on any atom is 0.409 e. The SMILES string of the molecule is CCOC(=O)c1c(NC(=O)c2ccc(S(=O)(=O)N3CCCCCC3)cc2)sc2c1CCN(C(=O)OC)C2. The monoisotopic (exact) mass is 549 g/mol. The van der Waals surface area contributed by atoms with Gasteiger partial charge < -0.3 is 19.7 Å². The maximum absolute atomic E-state index is 13.1. The van der Waals surface area contributed by atoms with Crippen molar-refractivity contribution in [1.29, 1.82) is 0 Å². The van der Waals surface area contributed by atoms with Gasteiger partial charge in [-0.2, -0.15) is 4.31 Å². The molecule has 1 saturated heterocycles. The molecule has 2 amide bonds. The number of hydrogen-bond donors (Lipinski definition) is 1. The molecular weight excluding hydrogens is 518 g/mol. The molecule has 0 bridgehead atoms. The molecule has 10 nitrogen and oxygen atoms in total. The van der Waals surface area contributed by atoms with Crippen molar-refractivity contribution in [2.75, 3.05) is 38.7 Å². The summed E-state index contributed by atoms with van der Waals surface area (Å²) >= 11 is 1.21. The fourth-order valence-electron chi connectivity index (χ4n) is 4.58. The number of methoxy groups -OCH3 is 1. The first-order valence-corrected chi connectivity index (χ1v) is 14.6. The molecule has 1 aromatic carbocycles. The second kappa shape index (κ2) is 11.6. The number of benzene rings is 1. The Balaban J connectivity index is 1.55. The third-order valence-electron chi connectivity index (χ3n) is 6.52. The third-order valence-corrected chi connectivity index (χ3v) is 9.56. The molecule has 2 aliphatic heterocycles. The number of rotatable bonds is 6. The molecule has 37 heavy (non-hydrogen) atoms. The first-order chi connectivity index (χ1) is 17.8. The standard InChI is InChI=1S/C25H31N3O7S2/c1-3-35-24(30)21-19-12-15-27(25(31)34-2)16-20(19)36-23(21)26-22(29)17-8-10-18(11-9-17)37(32,33)28-13-6-4-5-7-14-28/h8-11H,3-7,12-16H2,1-2H3,(H,26,29). The van der Waals surface area contributed by atoms with E-state index in [4.69, 9.17) is 9.47 Å². The second-order valence-corrected chi connectivity index (χ2v) is 11.9. The zero-order valence-electron chi connectivity index (χ0n) is 20.9. The summed E-state index contributed by atoms with van der Waals surface area (Å²) in [5.41, 5.74) is 1.30. The van der Waals surface area contributed by atoms with Gasteiger partial charge in [0, 0.05) is 30.1 Å². The molecular formula is C25H31N3O7S2. The number of carbonyl (C=O) groups excluding carboxylic acids is 3. The van der Waals surface area contributed by atoms with Crippen LogP contribution < -0.4 is 5.32 Å². The molecule has 1 aromatic heterocycles. The van der Waals surface area contributed by atoms with Crippen LogP contribution >= 0.6 is 11.3 Å². The van der Waals surface area contributed by atoms with Crippen LogP contribution in [0.3, 0.4) is 0 Å². The molecule has 0 aliphatic carbocycles. The summed E-state index contributed by atoms with van der Waals surface area (Å²) in [6, 6.07) is 5.82. The fourth-order valence-corrected chi connectivity index (χ4v) is 7.34. The van der Waals surface area contributed by atoms with Crippen molar-refractivity contribution in [3.8, 4) is 0 Å². The van der Waals surface area contributed by atoms with Crippen molar-refractivity contribution in [3.05, 3.63) is 45.8 Å². The number of carbonyl (C=O) groups is 3. The number of thiophene rings is 1. The normalized spacial score (nSPS) is 16.4. The van der Waals surface area contributed by atoms with Crippen molar-refractivity contribution in [3.63, 3.8) is 0 Å². The Morgan fingerprint density at radius 1 is 1.03 bits per heavy atom. The highest BCUT2D eigenvalue weighted by atomic mass is 32.2. The Labute approximate surface area is 220 Å². The van der Waals surface area contributed by atoms with Gasteiger partial charge in [-0.25, -0.2) is 18.0 Å². The van der Waals surface area contributed by atoms with Gasteiger partial charge in [-0.15, -0.1) is 11.3 Å². The van der Waals surface area contributed by atoms with E-state index in [-0.39, 0.29) is 23.6 Å². The van der Waals surface area contributed by atoms with Gasteiger partial charge in [0.15, 0.2) is 0 Å². The van der Waals surface area contributed by atoms with Crippen molar-refractivity contribution < 1.29 is 32.3 Å². The third kappa shape index (κ3) is 5.81. The smallest absolute Gasteiger partial charge is 0.409 e. The van der Waals surface area contributed by atoms with Gasteiger partial charge in [0.2, 0.25) is 10.0 Å².